The zero-order chi connectivity index (χ0) is 12.5. The van der Waals surface area contributed by atoms with Gasteiger partial charge < -0.3 is 0 Å². The van der Waals surface area contributed by atoms with Gasteiger partial charge >= 0.3 is 0 Å². The summed E-state index contributed by atoms with van der Waals surface area (Å²) in [7, 11) is 0. The van der Waals surface area contributed by atoms with Crippen LogP contribution in [0.3, 0.4) is 0 Å². The average molecular weight is 386 g/mol. The van der Waals surface area contributed by atoms with E-state index in [2.05, 4.69) is 57.9 Å². The highest BCUT2D eigenvalue weighted by molar-refractivity contribution is 14.1. The molecule has 2 aromatic carbocycles. The summed E-state index contributed by atoms with van der Waals surface area (Å²) < 4.78 is 2.43. The first-order chi connectivity index (χ1) is 8.76. The number of thiazole rings is 1. The number of nitrogens with zero attached hydrogens (tertiary/aromatic N) is 1. The van der Waals surface area contributed by atoms with Crippen molar-refractivity contribution in [3.8, 4) is 10.6 Å². The van der Waals surface area contributed by atoms with Crippen LogP contribution in [0.2, 0.25) is 0 Å². The molecule has 0 fully saturated rings. The molecular formula is C14H9ClINS. The van der Waals surface area contributed by atoms with E-state index in [0.29, 0.717) is 5.88 Å². The molecule has 0 unspecified atom stereocenters. The predicted octanol–water partition coefficient (Wildman–Crippen LogP) is 5.31. The fraction of sp³-hybridized carbons (Fsp3) is 0.0714. The topological polar surface area (TPSA) is 12.9 Å². The van der Waals surface area contributed by atoms with E-state index in [4.69, 9.17) is 11.6 Å². The first-order valence-corrected chi connectivity index (χ1v) is 7.90. The molecule has 0 radical (unpaired) electrons. The fourth-order valence-electron chi connectivity index (χ4n) is 1.77. The number of benzene rings is 2. The number of aromatic nitrogens is 1. The number of rotatable bonds is 2. The Morgan fingerprint density at radius 1 is 1.11 bits per heavy atom. The second kappa shape index (κ2) is 5.15. The summed E-state index contributed by atoms with van der Waals surface area (Å²) in [4.78, 5) is 4.66. The molecule has 0 saturated carbocycles. The minimum atomic E-state index is 0.548. The van der Waals surface area contributed by atoms with Crippen molar-refractivity contribution in [2.75, 3.05) is 0 Å². The van der Waals surface area contributed by atoms with Gasteiger partial charge in [0.1, 0.15) is 5.01 Å². The smallest absolute Gasteiger partial charge is 0.124 e. The maximum atomic E-state index is 5.85. The molecule has 3 rings (SSSR count). The van der Waals surface area contributed by atoms with Gasteiger partial charge in [-0.15, -0.1) is 22.9 Å². The summed E-state index contributed by atoms with van der Waals surface area (Å²) >= 11 is 9.87. The van der Waals surface area contributed by atoms with Gasteiger partial charge in [0.15, 0.2) is 0 Å². The van der Waals surface area contributed by atoms with Gasteiger partial charge in [-0.25, -0.2) is 4.98 Å². The molecule has 0 aliphatic rings. The first kappa shape index (κ1) is 12.4. The summed E-state index contributed by atoms with van der Waals surface area (Å²) in [5.74, 6) is 0.548. The largest absolute Gasteiger partial charge is 0.236 e. The maximum Gasteiger partial charge on any atom is 0.124 e. The normalized spacial score (nSPS) is 11.0. The molecule has 0 spiro atoms. The highest BCUT2D eigenvalue weighted by atomic mass is 127. The molecule has 0 atom stereocenters. The van der Waals surface area contributed by atoms with Crippen LogP contribution in [0.1, 0.15) is 5.56 Å². The van der Waals surface area contributed by atoms with Gasteiger partial charge in [-0.05, 0) is 52.4 Å². The lowest BCUT2D eigenvalue weighted by molar-refractivity contribution is 1.41. The Hall–Kier alpha value is -0.650. The van der Waals surface area contributed by atoms with Gasteiger partial charge in [-0.1, -0.05) is 18.2 Å². The van der Waals surface area contributed by atoms with Crippen LogP contribution in [0.15, 0.2) is 42.5 Å². The molecule has 4 heteroatoms. The van der Waals surface area contributed by atoms with E-state index in [1.54, 1.807) is 11.3 Å². The molecule has 0 saturated heterocycles. The van der Waals surface area contributed by atoms with Gasteiger partial charge in [-0.2, -0.15) is 0 Å². The Kier molecular flexibility index (Phi) is 3.54. The first-order valence-electron chi connectivity index (χ1n) is 5.47. The third-order valence-electron chi connectivity index (χ3n) is 2.70. The van der Waals surface area contributed by atoms with Gasteiger partial charge in [0.2, 0.25) is 0 Å². The van der Waals surface area contributed by atoms with Crippen molar-refractivity contribution in [2.45, 2.75) is 5.88 Å². The summed E-state index contributed by atoms with van der Waals surface area (Å²) in [6, 6.07) is 14.6. The number of fused-ring (bicyclic) bond motifs is 1. The van der Waals surface area contributed by atoms with E-state index in [0.717, 1.165) is 16.1 Å². The van der Waals surface area contributed by atoms with Crippen molar-refractivity contribution in [1.82, 2.24) is 4.98 Å². The van der Waals surface area contributed by atoms with Crippen molar-refractivity contribution in [3.05, 3.63) is 51.6 Å². The van der Waals surface area contributed by atoms with E-state index in [1.807, 2.05) is 12.1 Å². The molecule has 0 aliphatic heterocycles. The molecule has 1 aromatic heterocycles. The van der Waals surface area contributed by atoms with Crippen molar-refractivity contribution < 1.29 is 0 Å². The van der Waals surface area contributed by atoms with Crippen LogP contribution < -0.4 is 0 Å². The van der Waals surface area contributed by atoms with Gasteiger partial charge in [0.05, 0.1) is 10.2 Å². The average Bonchev–Trinajstić information content (AvgIpc) is 2.82. The molecule has 0 bridgehead atoms. The van der Waals surface area contributed by atoms with Gasteiger partial charge in [0.25, 0.3) is 0 Å². The summed E-state index contributed by atoms with van der Waals surface area (Å²) in [6.45, 7) is 0. The van der Waals surface area contributed by atoms with Crippen LogP contribution >= 0.6 is 45.5 Å². The molecule has 1 nitrogen and oxygen atoms in total. The van der Waals surface area contributed by atoms with E-state index in [9.17, 15) is 0 Å². The van der Waals surface area contributed by atoms with E-state index < -0.39 is 0 Å². The zero-order valence-corrected chi connectivity index (χ0v) is 13.1. The van der Waals surface area contributed by atoms with Crippen LogP contribution in [0, 0.1) is 3.57 Å². The Morgan fingerprint density at radius 2 is 1.89 bits per heavy atom. The van der Waals surface area contributed by atoms with Crippen LogP contribution in [0.5, 0.6) is 0 Å². The molecule has 0 N–H and O–H groups in total. The van der Waals surface area contributed by atoms with Crippen molar-refractivity contribution in [2.24, 2.45) is 0 Å². The van der Waals surface area contributed by atoms with Crippen molar-refractivity contribution in [3.63, 3.8) is 0 Å². The second-order valence-electron chi connectivity index (χ2n) is 3.96. The van der Waals surface area contributed by atoms with Crippen molar-refractivity contribution in [1.29, 1.82) is 0 Å². The maximum absolute atomic E-state index is 5.85. The van der Waals surface area contributed by atoms with Crippen LogP contribution in [-0.2, 0) is 5.88 Å². The Bertz CT molecular complexity index is 691. The summed E-state index contributed by atoms with van der Waals surface area (Å²) in [5, 5.41) is 1.06. The molecular weight excluding hydrogens is 377 g/mol. The highest BCUT2D eigenvalue weighted by Crippen LogP contribution is 2.31. The molecule has 0 amide bonds. The van der Waals surface area contributed by atoms with E-state index in [-0.39, 0.29) is 0 Å². The molecule has 3 aromatic rings. The lowest BCUT2D eigenvalue weighted by Crippen LogP contribution is -1.77. The number of halogens is 2. The second-order valence-corrected chi connectivity index (χ2v) is 6.51. The van der Waals surface area contributed by atoms with Crippen LogP contribution in [0.25, 0.3) is 20.8 Å². The van der Waals surface area contributed by atoms with E-state index in [1.165, 1.54) is 13.8 Å². The SMILES string of the molecule is ClCc1ccc2nc(-c3ccc(I)cc3)sc2c1. The molecule has 90 valence electrons. The quantitative estimate of drug-likeness (QED) is 0.430. The van der Waals surface area contributed by atoms with Crippen molar-refractivity contribution >= 4 is 55.7 Å². The lowest BCUT2D eigenvalue weighted by atomic mass is 10.2. The molecule has 18 heavy (non-hydrogen) atoms. The third kappa shape index (κ3) is 2.39. The fourth-order valence-corrected chi connectivity index (χ4v) is 3.33. The van der Waals surface area contributed by atoms with Crippen LogP contribution in [-0.4, -0.2) is 4.98 Å². The Morgan fingerprint density at radius 3 is 2.61 bits per heavy atom. The number of hydrogen-bond donors (Lipinski definition) is 0. The predicted molar refractivity (Wildman–Crippen MR) is 87.3 cm³/mol. The standard InChI is InChI=1S/C14H9ClINS/c15-8-9-1-6-12-13(7-9)18-14(17-12)10-2-4-11(16)5-3-10/h1-7H,8H2. The van der Waals surface area contributed by atoms with Gasteiger partial charge in [-0.3, -0.25) is 0 Å². The lowest BCUT2D eigenvalue weighted by Gasteiger charge is -1.94. The van der Waals surface area contributed by atoms with Gasteiger partial charge in [0, 0.05) is 15.0 Å². The zero-order valence-electron chi connectivity index (χ0n) is 9.36. The monoisotopic (exact) mass is 385 g/mol. The van der Waals surface area contributed by atoms with E-state index >= 15 is 0 Å². The summed E-state index contributed by atoms with van der Waals surface area (Å²) in [6.07, 6.45) is 0. The highest BCUT2D eigenvalue weighted by Gasteiger charge is 2.06. The third-order valence-corrected chi connectivity index (χ3v) is 4.79. The Balaban J connectivity index is 2.10. The summed E-state index contributed by atoms with van der Waals surface area (Å²) in [5.41, 5.74) is 3.36. The number of hydrogen-bond acceptors (Lipinski definition) is 2. The Labute approximate surface area is 128 Å². The number of alkyl halides is 1. The minimum Gasteiger partial charge on any atom is -0.236 e. The van der Waals surface area contributed by atoms with Crippen LogP contribution in [0.4, 0.5) is 0 Å². The molecule has 1 heterocycles. The molecule has 0 aliphatic carbocycles. The minimum absolute atomic E-state index is 0.548.